The Morgan fingerprint density at radius 3 is 1.71 bits per heavy atom. The molecule has 0 unspecified atom stereocenters. The van der Waals surface area contributed by atoms with E-state index in [1.807, 2.05) is 13.8 Å². The molecule has 0 saturated carbocycles. The number of ether oxygens (including phenoxy) is 1. The highest BCUT2D eigenvalue weighted by Crippen LogP contribution is 2.28. The van der Waals surface area contributed by atoms with Gasteiger partial charge in [-0.25, -0.2) is 4.79 Å². The number of imide groups is 2. The molecule has 176 valence electrons. The van der Waals surface area contributed by atoms with Crippen LogP contribution in [0, 0.1) is 5.92 Å². The van der Waals surface area contributed by atoms with Gasteiger partial charge in [0.25, 0.3) is 23.6 Å². The lowest BCUT2D eigenvalue weighted by molar-refractivity contribution is -0.149. The smallest absolute Gasteiger partial charge is 0.329 e. The number of amides is 4. The van der Waals surface area contributed by atoms with Crippen molar-refractivity contribution in [2.75, 3.05) is 13.2 Å². The minimum Gasteiger partial charge on any atom is -0.464 e. The monoisotopic (exact) mass is 462 g/mol. The van der Waals surface area contributed by atoms with E-state index in [0.717, 1.165) is 4.90 Å². The molecule has 8 heteroatoms. The van der Waals surface area contributed by atoms with E-state index in [9.17, 15) is 24.0 Å². The predicted octanol–water partition coefficient (Wildman–Crippen LogP) is 3.32. The Bertz CT molecular complexity index is 1100. The highest BCUT2D eigenvalue weighted by atomic mass is 16.5. The third-order valence-electron chi connectivity index (χ3n) is 5.96. The second-order valence-electron chi connectivity index (χ2n) is 8.87. The van der Waals surface area contributed by atoms with Crippen molar-refractivity contribution in [3.05, 3.63) is 70.8 Å². The summed E-state index contributed by atoms with van der Waals surface area (Å²) in [5, 5.41) is 0. The fourth-order valence-electron chi connectivity index (χ4n) is 4.24. The molecule has 0 spiro atoms. The number of hydrogen-bond donors (Lipinski definition) is 0. The molecule has 4 amide bonds. The lowest BCUT2D eigenvalue weighted by Gasteiger charge is -2.25. The SMILES string of the molecule is CC(C)COC(=O)[C@@H](CCCCN1C(=O)c2ccccc2C1=O)N1C(=O)c2ccccc2C1=O. The molecule has 0 saturated heterocycles. The zero-order valence-electron chi connectivity index (χ0n) is 19.2. The summed E-state index contributed by atoms with van der Waals surface area (Å²) in [4.78, 5) is 66.1. The Morgan fingerprint density at radius 1 is 0.765 bits per heavy atom. The van der Waals surface area contributed by atoms with Crippen LogP contribution in [0.1, 0.15) is 74.5 Å². The number of rotatable bonds is 9. The molecule has 2 aromatic rings. The maximum Gasteiger partial charge on any atom is 0.329 e. The molecule has 2 aliphatic rings. The van der Waals surface area contributed by atoms with Gasteiger partial charge in [-0.3, -0.25) is 29.0 Å². The number of benzene rings is 2. The third-order valence-corrected chi connectivity index (χ3v) is 5.96. The fourth-order valence-corrected chi connectivity index (χ4v) is 4.24. The second kappa shape index (κ2) is 9.59. The number of fused-ring (bicyclic) bond motifs is 2. The van der Waals surface area contributed by atoms with Crippen molar-refractivity contribution in [3.8, 4) is 0 Å². The zero-order valence-corrected chi connectivity index (χ0v) is 19.2. The number of carbonyl (C=O) groups excluding carboxylic acids is 5. The minimum absolute atomic E-state index is 0.0978. The first kappa shape index (κ1) is 23.4. The largest absolute Gasteiger partial charge is 0.464 e. The molecule has 1 atom stereocenters. The summed E-state index contributed by atoms with van der Waals surface area (Å²) in [6.07, 6.45) is 0.996. The first-order valence-corrected chi connectivity index (χ1v) is 11.4. The van der Waals surface area contributed by atoms with E-state index in [4.69, 9.17) is 4.74 Å². The van der Waals surface area contributed by atoms with E-state index in [-0.39, 0.29) is 48.4 Å². The molecule has 0 aliphatic carbocycles. The van der Waals surface area contributed by atoms with Gasteiger partial charge in [-0.15, -0.1) is 0 Å². The van der Waals surface area contributed by atoms with Crippen LogP contribution in [0.2, 0.25) is 0 Å². The van der Waals surface area contributed by atoms with Gasteiger partial charge < -0.3 is 4.74 Å². The van der Waals surface area contributed by atoms with E-state index >= 15 is 0 Å². The number of nitrogens with zero attached hydrogens (tertiary/aromatic N) is 2. The molecule has 0 bridgehead atoms. The van der Waals surface area contributed by atoms with Crippen LogP contribution < -0.4 is 0 Å². The van der Waals surface area contributed by atoms with Crippen molar-refractivity contribution < 1.29 is 28.7 Å². The van der Waals surface area contributed by atoms with Crippen molar-refractivity contribution in [2.45, 2.75) is 39.2 Å². The molecular weight excluding hydrogens is 436 g/mol. The Balaban J connectivity index is 1.43. The molecule has 2 heterocycles. The van der Waals surface area contributed by atoms with E-state index in [1.54, 1.807) is 48.5 Å². The number of hydrogen-bond acceptors (Lipinski definition) is 6. The molecule has 4 rings (SSSR count). The number of carbonyl (C=O) groups is 5. The number of unbranched alkanes of at least 4 members (excludes halogenated alkanes) is 1. The average Bonchev–Trinajstić information content (AvgIpc) is 3.23. The maximum absolute atomic E-state index is 12.9. The highest BCUT2D eigenvalue weighted by molar-refractivity contribution is 6.23. The van der Waals surface area contributed by atoms with Crippen LogP contribution in [0.4, 0.5) is 0 Å². The van der Waals surface area contributed by atoms with Crippen LogP contribution in [0.25, 0.3) is 0 Å². The van der Waals surface area contributed by atoms with Crippen LogP contribution in [0.3, 0.4) is 0 Å². The molecule has 0 aromatic heterocycles. The molecule has 0 fully saturated rings. The van der Waals surface area contributed by atoms with Crippen LogP contribution in [0.15, 0.2) is 48.5 Å². The van der Waals surface area contributed by atoms with E-state index in [0.29, 0.717) is 24.0 Å². The molecule has 8 nitrogen and oxygen atoms in total. The van der Waals surface area contributed by atoms with Crippen LogP contribution in [-0.4, -0.2) is 58.6 Å². The summed E-state index contributed by atoms with van der Waals surface area (Å²) in [5.74, 6) is -2.26. The summed E-state index contributed by atoms with van der Waals surface area (Å²) in [6, 6.07) is 12.1. The van der Waals surface area contributed by atoms with Gasteiger partial charge in [-0.1, -0.05) is 38.1 Å². The Hall–Kier alpha value is -3.81. The lowest BCUT2D eigenvalue weighted by Crippen LogP contribution is -2.46. The van der Waals surface area contributed by atoms with Crippen molar-refractivity contribution in [1.82, 2.24) is 9.80 Å². The average molecular weight is 463 g/mol. The normalized spacial score (nSPS) is 15.7. The van der Waals surface area contributed by atoms with Crippen molar-refractivity contribution in [1.29, 1.82) is 0 Å². The Kier molecular flexibility index (Phi) is 6.58. The van der Waals surface area contributed by atoms with Crippen LogP contribution in [0.5, 0.6) is 0 Å². The molecular formula is C26H26N2O6. The zero-order chi connectivity index (χ0) is 24.4. The summed E-state index contributed by atoms with van der Waals surface area (Å²) < 4.78 is 5.38. The topological polar surface area (TPSA) is 101 Å². The predicted molar refractivity (Wildman–Crippen MR) is 122 cm³/mol. The molecule has 0 radical (unpaired) electrons. The van der Waals surface area contributed by atoms with Crippen molar-refractivity contribution in [3.63, 3.8) is 0 Å². The van der Waals surface area contributed by atoms with Gasteiger partial charge in [0.15, 0.2) is 0 Å². The third kappa shape index (κ3) is 4.23. The summed E-state index contributed by atoms with van der Waals surface area (Å²) in [6.45, 7) is 4.15. The van der Waals surface area contributed by atoms with Gasteiger partial charge in [0.05, 0.1) is 28.9 Å². The van der Waals surface area contributed by atoms with Gasteiger partial charge in [0.2, 0.25) is 0 Å². The second-order valence-corrected chi connectivity index (χ2v) is 8.87. The fraction of sp³-hybridized carbons (Fsp3) is 0.346. The van der Waals surface area contributed by atoms with Gasteiger partial charge in [0.1, 0.15) is 6.04 Å². The van der Waals surface area contributed by atoms with E-state index in [1.165, 1.54) is 4.90 Å². The Morgan fingerprint density at radius 2 is 1.24 bits per heavy atom. The molecule has 2 aliphatic heterocycles. The van der Waals surface area contributed by atoms with Gasteiger partial charge in [0, 0.05) is 6.54 Å². The van der Waals surface area contributed by atoms with E-state index < -0.39 is 23.8 Å². The van der Waals surface area contributed by atoms with Gasteiger partial charge in [-0.2, -0.15) is 0 Å². The van der Waals surface area contributed by atoms with Crippen LogP contribution in [-0.2, 0) is 9.53 Å². The summed E-state index contributed by atoms with van der Waals surface area (Å²) >= 11 is 0. The van der Waals surface area contributed by atoms with Gasteiger partial charge >= 0.3 is 5.97 Å². The lowest BCUT2D eigenvalue weighted by atomic mass is 10.1. The number of esters is 1. The van der Waals surface area contributed by atoms with E-state index in [2.05, 4.69) is 0 Å². The van der Waals surface area contributed by atoms with Crippen LogP contribution >= 0.6 is 0 Å². The molecule has 2 aromatic carbocycles. The highest BCUT2D eigenvalue weighted by Gasteiger charge is 2.43. The summed E-state index contributed by atoms with van der Waals surface area (Å²) in [5.41, 5.74) is 1.29. The molecule has 34 heavy (non-hydrogen) atoms. The first-order chi connectivity index (χ1) is 16.3. The minimum atomic E-state index is -1.08. The first-order valence-electron chi connectivity index (χ1n) is 11.4. The standard InChI is InChI=1S/C26H26N2O6/c1-16(2)15-34-26(33)21(28-24(31)19-11-5-6-12-20(19)25(28)32)13-7-8-14-27-22(29)17-9-3-4-10-18(17)23(27)30/h3-6,9-12,16,21H,7-8,13-15H2,1-2H3/t21-/m1/s1. The maximum atomic E-state index is 12.9. The van der Waals surface area contributed by atoms with Gasteiger partial charge in [-0.05, 0) is 49.4 Å². The van der Waals surface area contributed by atoms with Crippen molar-refractivity contribution in [2.24, 2.45) is 5.92 Å². The van der Waals surface area contributed by atoms with Crippen molar-refractivity contribution >= 4 is 29.6 Å². The summed E-state index contributed by atoms with van der Waals surface area (Å²) in [7, 11) is 0. The quantitative estimate of drug-likeness (QED) is 0.322. The Labute approximate surface area is 197 Å². The molecule has 0 N–H and O–H groups in total.